The van der Waals surface area contributed by atoms with E-state index in [4.69, 9.17) is 30.5 Å². The third-order valence-electron chi connectivity index (χ3n) is 4.99. The number of carbonyl (C=O) groups excluding carboxylic acids is 2. The van der Waals surface area contributed by atoms with Crippen LogP contribution in [0.3, 0.4) is 0 Å². The summed E-state index contributed by atoms with van der Waals surface area (Å²) in [5, 5.41) is 7.09. The molecule has 0 aliphatic carbocycles. The van der Waals surface area contributed by atoms with Crippen LogP contribution in [0.5, 0.6) is 17.2 Å². The van der Waals surface area contributed by atoms with Crippen molar-refractivity contribution in [2.75, 3.05) is 34.0 Å². The number of nitrogens with one attached hydrogen (secondary N) is 1. The molecule has 1 aromatic heterocycles. The van der Waals surface area contributed by atoms with Gasteiger partial charge in [0.15, 0.2) is 23.9 Å². The lowest BCUT2D eigenvalue weighted by Gasteiger charge is -2.13. The van der Waals surface area contributed by atoms with Gasteiger partial charge in [-0.1, -0.05) is 29.8 Å². The van der Waals surface area contributed by atoms with Crippen molar-refractivity contribution >= 4 is 23.5 Å². The van der Waals surface area contributed by atoms with Gasteiger partial charge in [0.1, 0.15) is 0 Å². The van der Waals surface area contributed by atoms with Crippen molar-refractivity contribution in [2.24, 2.45) is 0 Å². The van der Waals surface area contributed by atoms with Crippen LogP contribution in [0.2, 0.25) is 5.02 Å². The van der Waals surface area contributed by atoms with E-state index < -0.39 is 24.0 Å². The van der Waals surface area contributed by atoms with Crippen molar-refractivity contribution in [1.29, 1.82) is 0 Å². The third kappa shape index (κ3) is 6.54. The molecule has 0 aliphatic rings. The number of para-hydroxylation sites is 1. The number of methoxy groups -OCH3 is 2. The summed E-state index contributed by atoms with van der Waals surface area (Å²) in [5.41, 5.74) is 0.370. The lowest BCUT2D eigenvalue weighted by atomic mass is 10.1. The van der Waals surface area contributed by atoms with Gasteiger partial charge >= 0.3 is 5.97 Å². The SMILES string of the molecule is CCOC(=O)c1nn(-c2ccccc2Cl)c(=O)cc1OCC(=O)NCCc1ccc(OC)c(OC)c1. The van der Waals surface area contributed by atoms with E-state index >= 15 is 0 Å². The van der Waals surface area contributed by atoms with Gasteiger partial charge in [0, 0.05) is 6.54 Å². The summed E-state index contributed by atoms with van der Waals surface area (Å²) in [6.07, 6.45) is 0.537. The summed E-state index contributed by atoms with van der Waals surface area (Å²) < 4.78 is 22.0. The molecule has 11 heteroatoms. The Morgan fingerprint density at radius 1 is 1.03 bits per heavy atom. The van der Waals surface area contributed by atoms with Crippen molar-refractivity contribution in [2.45, 2.75) is 13.3 Å². The zero-order valence-corrected chi connectivity index (χ0v) is 20.8. The van der Waals surface area contributed by atoms with Crippen molar-refractivity contribution in [3.63, 3.8) is 0 Å². The Morgan fingerprint density at radius 3 is 2.47 bits per heavy atom. The van der Waals surface area contributed by atoms with E-state index in [1.54, 1.807) is 51.5 Å². The van der Waals surface area contributed by atoms with Gasteiger partial charge in [0.05, 0.1) is 37.6 Å². The zero-order chi connectivity index (χ0) is 26.1. The van der Waals surface area contributed by atoms with E-state index in [-0.39, 0.29) is 28.8 Å². The number of amides is 1. The van der Waals surface area contributed by atoms with E-state index in [0.29, 0.717) is 24.5 Å². The van der Waals surface area contributed by atoms with Gasteiger partial charge in [-0.25, -0.2) is 4.79 Å². The van der Waals surface area contributed by atoms with Gasteiger partial charge in [-0.05, 0) is 43.2 Å². The molecular formula is C25H26ClN3O7. The number of benzene rings is 2. The maximum Gasteiger partial charge on any atom is 0.362 e. The summed E-state index contributed by atoms with van der Waals surface area (Å²) in [6, 6.07) is 13.1. The predicted octanol–water partition coefficient (Wildman–Crippen LogP) is 2.82. The fourth-order valence-corrected chi connectivity index (χ4v) is 3.48. The Kier molecular flexibility index (Phi) is 9.29. The smallest absolute Gasteiger partial charge is 0.362 e. The van der Waals surface area contributed by atoms with Crippen LogP contribution in [-0.4, -0.2) is 55.6 Å². The molecule has 1 N–H and O–H groups in total. The zero-order valence-electron chi connectivity index (χ0n) is 20.1. The number of hydrogen-bond donors (Lipinski definition) is 1. The first-order valence-corrected chi connectivity index (χ1v) is 11.4. The van der Waals surface area contributed by atoms with E-state index in [9.17, 15) is 14.4 Å². The molecular weight excluding hydrogens is 490 g/mol. The minimum atomic E-state index is -0.804. The highest BCUT2D eigenvalue weighted by Gasteiger charge is 2.21. The minimum absolute atomic E-state index is 0.0851. The van der Waals surface area contributed by atoms with E-state index in [1.807, 2.05) is 12.1 Å². The molecule has 0 aliphatic heterocycles. The summed E-state index contributed by atoms with van der Waals surface area (Å²) in [4.78, 5) is 37.5. The van der Waals surface area contributed by atoms with Crippen LogP contribution >= 0.6 is 11.6 Å². The Balaban J connectivity index is 1.69. The van der Waals surface area contributed by atoms with Gasteiger partial charge in [-0.2, -0.15) is 9.78 Å². The molecule has 2 aromatic carbocycles. The van der Waals surface area contributed by atoms with Crippen LogP contribution in [0.15, 0.2) is 53.3 Å². The highest BCUT2D eigenvalue weighted by molar-refractivity contribution is 6.32. The second kappa shape index (κ2) is 12.6. The van der Waals surface area contributed by atoms with Gasteiger partial charge in [-0.15, -0.1) is 0 Å². The predicted molar refractivity (Wildman–Crippen MR) is 133 cm³/mol. The molecule has 1 heterocycles. The quantitative estimate of drug-likeness (QED) is 0.387. The lowest BCUT2D eigenvalue weighted by molar-refractivity contribution is -0.123. The molecule has 0 atom stereocenters. The fraction of sp³-hybridized carbons (Fsp3) is 0.280. The van der Waals surface area contributed by atoms with E-state index in [0.717, 1.165) is 16.3 Å². The maximum atomic E-state index is 12.7. The first-order chi connectivity index (χ1) is 17.4. The lowest BCUT2D eigenvalue weighted by Crippen LogP contribution is -2.32. The van der Waals surface area contributed by atoms with Crippen LogP contribution in [0.1, 0.15) is 23.0 Å². The highest BCUT2D eigenvalue weighted by atomic mass is 35.5. The van der Waals surface area contributed by atoms with Crippen LogP contribution in [-0.2, 0) is 16.0 Å². The van der Waals surface area contributed by atoms with Crippen LogP contribution in [0.4, 0.5) is 0 Å². The van der Waals surface area contributed by atoms with Crippen molar-refractivity contribution < 1.29 is 28.5 Å². The molecule has 0 radical (unpaired) electrons. The Morgan fingerprint density at radius 2 is 1.78 bits per heavy atom. The molecule has 10 nitrogen and oxygen atoms in total. The molecule has 0 fully saturated rings. The summed E-state index contributed by atoms with van der Waals surface area (Å²) >= 11 is 6.18. The van der Waals surface area contributed by atoms with Crippen molar-refractivity contribution in [1.82, 2.24) is 15.1 Å². The first kappa shape index (κ1) is 26.6. The number of esters is 1. The molecule has 0 saturated heterocycles. The number of hydrogen-bond acceptors (Lipinski definition) is 8. The topological polar surface area (TPSA) is 118 Å². The number of nitrogens with zero attached hydrogens (tertiary/aromatic N) is 2. The normalized spacial score (nSPS) is 10.4. The van der Waals surface area contributed by atoms with Crippen molar-refractivity contribution in [3.05, 3.63) is 75.2 Å². The Bertz CT molecular complexity index is 1290. The number of ether oxygens (including phenoxy) is 4. The van der Waals surface area contributed by atoms with Gasteiger partial charge in [0.25, 0.3) is 11.5 Å². The van der Waals surface area contributed by atoms with Crippen LogP contribution in [0, 0.1) is 0 Å². The summed E-state index contributed by atoms with van der Waals surface area (Å²) in [6.45, 7) is 1.61. The molecule has 0 spiro atoms. The minimum Gasteiger partial charge on any atom is -0.493 e. The third-order valence-corrected chi connectivity index (χ3v) is 5.31. The molecule has 36 heavy (non-hydrogen) atoms. The molecule has 3 aromatic rings. The summed E-state index contributed by atoms with van der Waals surface area (Å²) in [7, 11) is 3.10. The Hall–Kier alpha value is -4.05. The van der Waals surface area contributed by atoms with Gasteiger partial charge < -0.3 is 24.3 Å². The van der Waals surface area contributed by atoms with Crippen molar-refractivity contribution in [3.8, 4) is 22.9 Å². The molecule has 3 rings (SSSR count). The standard InChI is InChI=1S/C25H26ClN3O7/c1-4-35-25(32)24-21(14-23(31)29(28-24)18-8-6-5-7-17(18)26)36-15-22(30)27-12-11-16-9-10-19(33-2)20(13-16)34-3/h5-10,13-14H,4,11-12,15H2,1-3H3,(H,27,30). The first-order valence-electron chi connectivity index (χ1n) is 11.0. The van der Waals surface area contributed by atoms with E-state index in [1.165, 1.54) is 0 Å². The number of carbonyl (C=O) groups is 2. The molecule has 0 bridgehead atoms. The highest BCUT2D eigenvalue weighted by Crippen LogP contribution is 2.27. The van der Waals surface area contributed by atoms with Crippen LogP contribution < -0.4 is 25.1 Å². The summed E-state index contributed by atoms with van der Waals surface area (Å²) in [5.74, 6) is -0.212. The Labute approximate surface area is 212 Å². The monoisotopic (exact) mass is 515 g/mol. The molecule has 0 saturated carbocycles. The second-order valence-corrected chi connectivity index (χ2v) is 7.76. The maximum absolute atomic E-state index is 12.7. The molecule has 190 valence electrons. The molecule has 1 amide bonds. The largest absolute Gasteiger partial charge is 0.493 e. The molecule has 0 unspecified atom stereocenters. The second-order valence-electron chi connectivity index (χ2n) is 7.36. The average molecular weight is 516 g/mol. The average Bonchev–Trinajstić information content (AvgIpc) is 2.88. The number of halogens is 1. The van der Waals surface area contributed by atoms with Gasteiger partial charge in [-0.3, -0.25) is 9.59 Å². The van der Waals surface area contributed by atoms with Crippen LogP contribution in [0.25, 0.3) is 5.69 Å². The fourth-order valence-electron chi connectivity index (χ4n) is 3.26. The number of aromatic nitrogens is 2. The van der Waals surface area contributed by atoms with E-state index in [2.05, 4.69) is 10.4 Å². The number of rotatable bonds is 11. The van der Waals surface area contributed by atoms with Gasteiger partial charge in [0.2, 0.25) is 5.69 Å².